The lowest BCUT2D eigenvalue weighted by Crippen LogP contribution is -2.33. The van der Waals surface area contributed by atoms with E-state index in [0.29, 0.717) is 0 Å². The smallest absolute Gasteiger partial charge is 0.134 e. The molecular formula is C20H44Al-. The third kappa shape index (κ3) is 11.7. The van der Waals surface area contributed by atoms with E-state index in [9.17, 15) is 0 Å². The lowest BCUT2D eigenvalue weighted by atomic mass is 10.3. The molecule has 0 fully saturated rings. The van der Waals surface area contributed by atoms with Crippen LogP contribution in [0.25, 0.3) is 0 Å². The van der Waals surface area contributed by atoms with E-state index in [1.807, 2.05) is 0 Å². The largest absolute Gasteiger partial charge is 0.191 e. The first-order valence-corrected chi connectivity index (χ1v) is 13.7. The summed E-state index contributed by atoms with van der Waals surface area (Å²) >= 11 is -1.27. The molecule has 1 heteroatoms. The Labute approximate surface area is 139 Å². The number of unbranched alkanes of at least 4 members (excludes halogenated alkanes) is 8. The zero-order valence-corrected chi connectivity index (χ0v) is 17.0. The second kappa shape index (κ2) is 15.4. The fourth-order valence-corrected chi connectivity index (χ4v) is 10.5. The Hall–Kier alpha value is 0.532. The fraction of sp³-hybridized carbons (Fsp3) is 1.00. The predicted octanol–water partition coefficient (Wildman–Crippen LogP) is 8.20. The molecule has 0 amide bonds. The summed E-state index contributed by atoms with van der Waals surface area (Å²) in [6.07, 6.45) is 17.7. The lowest BCUT2D eigenvalue weighted by Gasteiger charge is -2.37. The van der Waals surface area contributed by atoms with Crippen LogP contribution in [0.4, 0.5) is 0 Å². The maximum Gasteiger partial charge on any atom is 0.134 e. The van der Waals surface area contributed by atoms with Crippen molar-refractivity contribution in [3.05, 3.63) is 0 Å². The SMILES string of the molecule is CCCC[CH2][Al-]([CH2]CCCC)([CH2]CCCC)[CH2]CCCC. The minimum absolute atomic E-state index is 1.27. The molecule has 0 atom stereocenters. The van der Waals surface area contributed by atoms with Crippen LogP contribution >= 0.6 is 0 Å². The lowest BCUT2D eigenvalue weighted by molar-refractivity contribution is 0.693. The van der Waals surface area contributed by atoms with Crippen LogP contribution in [0.2, 0.25) is 21.1 Å². The quantitative estimate of drug-likeness (QED) is 0.199. The molecule has 0 aromatic heterocycles. The second-order valence-corrected chi connectivity index (χ2v) is 13.5. The molecule has 0 aliphatic heterocycles. The van der Waals surface area contributed by atoms with Crippen LogP contribution in [-0.2, 0) is 0 Å². The normalized spacial score (nSPS) is 12.0. The van der Waals surface area contributed by atoms with Gasteiger partial charge in [0.05, 0.1) is 0 Å². The van der Waals surface area contributed by atoms with E-state index in [1.54, 1.807) is 46.8 Å². The molecule has 0 aromatic carbocycles. The van der Waals surface area contributed by atoms with Gasteiger partial charge < -0.3 is 0 Å². The number of hydrogen-bond donors (Lipinski definition) is 0. The molecule has 0 aliphatic carbocycles. The maximum atomic E-state index is 2.36. The van der Waals surface area contributed by atoms with Crippen molar-refractivity contribution in [2.45, 2.75) is 126 Å². The summed E-state index contributed by atoms with van der Waals surface area (Å²) in [7, 11) is 0. The third-order valence-corrected chi connectivity index (χ3v) is 12.2. The first kappa shape index (κ1) is 21.5. The van der Waals surface area contributed by atoms with Crippen LogP contribution in [-0.4, -0.2) is 13.1 Å². The average Bonchev–Trinajstić information content (AvgIpc) is 2.48. The van der Waals surface area contributed by atoms with Gasteiger partial charge in [-0.2, -0.15) is 21.1 Å². The molecule has 0 aromatic rings. The van der Waals surface area contributed by atoms with Crippen LogP contribution in [0.3, 0.4) is 0 Å². The minimum atomic E-state index is -1.27. The predicted molar refractivity (Wildman–Crippen MR) is 103 cm³/mol. The molecule has 0 unspecified atom stereocenters. The van der Waals surface area contributed by atoms with E-state index in [4.69, 9.17) is 0 Å². The van der Waals surface area contributed by atoms with Gasteiger partial charge in [-0.05, 0) is 0 Å². The average molecular weight is 312 g/mol. The van der Waals surface area contributed by atoms with Crippen LogP contribution in [0.1, 0.15) is 105 Å². The van der Waals surface area contributed by atoms with E-state index in [-0.39, 0.29) is 0 Å². The van der Waals surface area contributed by atoms with Gasteiger partial charge in [0.1, 0.15) is 13.1 Å². The Kier molecular flexibility index (Phi) is 15.8. The summed E-state index contributed by atoms with van der Waals surface area (Å²) < 4.78 is 0. The number of hydrogen-bond acceptors (Lipinski definition) is 0. The first-order valence-electron chi connectivity index (χ1n) is 10.5. The molecule has 0 nitrogen and oxygen atoms in total. The van der Waals surface area contributed by atoms with Crippen molar-refractivity contribution in [2.24, 2.45) is 0 Å². The molecule has 0 rings (SSSR count). The molecule has 0 saturated heterocycles. The Bertz CT molecular complexity index is 155. The van der Waals surface area contributed by atoms with Gasteiger partial charge in [-0.1, -0.05) is 105 Å². The molecule has 0 saturated carbocycles. The van der Waals surface area contributed by atoms with Crippen molar-refractivity contribution in [1.29, 1.82) is 0 Å². The van der Waals surface area contributed by atoms with Gasteiger partial charge in [0.25, 0.3) is 0 Å². The number of rotatable bonds is 16. The summed E-state index contributed by atoms with van der Waals surface area (Å²) in [5, 5.41) is 6.71. The Balaban J connectivity index is 4.52. The summed E-state index contributed by atoms with van der Waals surface area (Å²) in [4.78, 5) is 0. The van der Waals surface area contributed by atoms with Crippen LogP contribution in [0.5, 0.6) is 0 Å². The van der Waals surface area contributed by atoms with E-state index in [2.05, 4.69) is 27.7 Å². The van der Waals surface area contributed by atoms with Gasteiger partial charge in [-0.3, -0.25) is 0 Å². The maximum absolute atomic E-state index is 2.36. The van der Waals surface area contributed by atoms with Crippen molar-refractivity contribution in [3.8, 4) is 0 Å². The van der Waals surface area contributed by atoms with Crippen molar-refractivity contribution in [1.82, 2.24) is 0 Å². The van der Waals surface area contributed by atoms with Crippen LogP contribution in [0.15, 0.2) is 0 Å². The summed E-state index contributed by atoms with van der Waals surface area (Å²) in [6.45, 7) is 9.43. The molecule has 0 spiro atoms. The molecular weight excluding hydrogens is 267 g/mol. The van der Waals surface area contributed by atoms with Gasteiger partial charge >= 0.3 is 0 Å². The van der Waals surface area contributed by atoms with Gasteiger partial charge in [-0.25, -0.2) is 0 Å². The molecule has 21 heavy (non-hydrogen) atoms. The zero-order chi connectivity index (χ0) is 15.8. The van der Waals surface area contributed by atoms with Crippen LogP contribution < -0.4 is 0 Å². The van der Waals surface area contributed by atoms with Crippen molar-refractivity contribution >= 4 is 13.1 Å². The van der Waals surface area contributed by atoms with E-state index in [1.165, 1.54) is 51.4 Å². The highest BCUT2D eigenvalue weighted by Crippen LogP contribution is 2.34. The highest BCUT2D eigenvalue weighted by atomic mass is 27.2. The monoisotopic (exact) mass is 311 g/mol. The molecule has 0 radical (unpaired) electrons. The molecule has 0 heterocycles. The van der Waals surface area contributed by atoms with E-state index >= 15 is 0 Å². The Morgan fingerprint density at radius 2 is 0.619 bits per heavy atom. The zero-order valence-electron chi connectivity index (χ0n) is 15.9. The Morgan fingerprint density at radius 3 is 0.810 bits per heavy atom. The van der Waals surface area contributed by atoms with Gasteiger partial charge in [0, 0.05) is 0 Å². The van der Waals surface area contributed by atoms with Crippen LogP contribution in [0, 0.1) is 0 Å². The highest BCUT2D eigenvalue weighted by molar-refractivity contribution is 6.79. The van der Waals surface area contributed by atoms with Crippen molar-refractivity contribution in [3.63, 3.8) is 0 Å². The van der Waals surface area contributed by atoms with Crippen molar-refractivity contribution in [2.75, 3.05) is 0 Å². The summed E-state index contributed by atoms with van der Waals surface area (Å²) in [5.41, 5.74) is 0. The van der Waals surface area contributed by atoms with Gasteiger partial charge in [-0.15, -0.1) is 0 Å². The molecule has 128 valence electrons. The van der Waals surface area contributed by atoms with Crippen molar-refractivity contribution < 1.29 is 0 Å². The molecule has 0 bridgehead atoms. The third-order valence-electron chi connectivity index (χ3n) is 5.68. The highest BCUT2D eigenvalue weighted by Gasteiger charge is 2.26. The van der Waals surface area contributed by atoms with E-state index < -0.39 is 13.1 Å². The Morgan fingerprint density at radius 1 is 0.381 bits per heavy atom. The second-order valence-electron chi connectivity index (χ2n) is 7.72. The molecule has 0 N–H and O–H groups in total. The summed E-state index contributed by atoms with van der Waals surface area (Å²) in [5.74, 6) is 0. The molecule has 0 aliphatic rings. The topological polar surface area (TPSA) is 0 Å². The first-order chi connectivity index (χ1) is 10.2. The van der Waals surface area contributed by atoms with Gasteiger partial charge in [0.2, 0.25) is 0 Å². The van der Waals surface area contributed by atoms with Gasteiger partial charge in [0.15, 0.2) is 0 Å². The minimum Gasteiger partial charge on any atom is -0.191 e. The van der Waals surface area contributed by atoms with E-state index in [0.717, 1.165) is 0 Å². The summed E-state index contributed by atoms with van der Waals surface area (Å²) in [6, 6.07) is 0. The fourth-order valence-electron chi connectivity index (χ4n) is 4.18. The standard InChI is InChI=1S/4C5H11.Al/c4*1-3-5-4-2;/h4*1,3-5H2,2H3;/q;;;;-1.